The van der Waals surface area contributed by atoms with Crippen LogP contribution in [0.1, 0.15) is 12.8 Å². The first-order chi connectivity index (χ1) is 12.8. The van der Waals surface area contributed by atoms with Gasteiger partial charge in [0.2, 0.25) is 0 Å². The summed E-state index contributed by atoms with van der Waals surface area (Å²) in [5.74, 6) is 2.47. The lowest BCUT2D eigenvalue weighted by Gasteiger charge is -2.16. The van der Waals surface area contributed by atoms with Crippen LogP contribution in [0.4, 0.5) is 5.82 Å². The number of nitrogens with zero attached hydrogens (tertiary/aromatic N) is 3. The molecular formula is C20H21N3O2S. The fourth-order valence-corrected chi connectivity index (χ4v) is 4.03. The number of hydrogen-bond donors (Lipinski definition) is 0. The third-order valence-electron chi connectivity index (χ3n) is 4.61. The summed E-state index contributed by atoms with van der Waals surface area (Å²) >= 11 is 1.64. The van der Waals surface area contributed by atoms with Gasteiger partial charge in [-0.2, -0.15) is 0 Å². The van der Waals surface area contributed by atoms with E-state index >= 15 is 0 Å². The van der Waals surface area contributed by atoms with E-state index in [2.05, 4.69) is 21.3 Å². The Hall–Kier alpha value is -2.60. The minimum absolute atomic E-state index is 0.708. The first-order valence-electron chi connectivity index (χ1n) is 8.68. The van der Waals surface area contributed by atoms with Gasteiger partial charge < -0.3 is 14.4 Å². The first-order valence-corrected chi connectivity index (χ1v) is 9.56. The van der Waals surface area contributed by atoms with Gasteiger partial charge in [-0.3, -0.25) is 0 Å². The van der Waals surface area contributed by atoms with Crippen molar-refractivity contribution in [1.82, 2.24) is 9.97 Å². The second kappa shape index (κ2) is 7.33. The largest absolute Gasteiger partial charge is 0.493 e. The third-order valence-corrected chi connectivity index (χ3v) is 5.50. The maximum atomic E-state index is 5.40. The van der Waals surface area contributed by atoms with Crippen LogP contribution < -0.4 is 14.4 Å². The number of ether oxygens (including phenoxy) is 2. The Balaban J connectivity index is 1.63. The molecule has 1 aliphatic heterocycles. The lowest BCUT2D eigenvalue weighted by molar-refractivity contribution is 0.355. The Morgan fingerprint density at radius 1 is 0.962 bits per heavy atom. The van der Waals surface area contributed by atoms with Crippen molar-refractivity contribution in [3.8, 4) is 33.3 Å². The number of rotatable bonds is 5. The van der Waals surface area contributed by atoms with Crippen LogP contribution in [-0.4, -0.2) is 37.3 Å². The lowest BCUT2D eigenvalue weighted by atomic mass is 10.1. The summed E-state index contributed by atoms with van der Waals surface area (Å²) in [6, 6.07) is 10.0. The van der Waals surface area contributed by atoms with Crippen molar-refractivity contribution in [3.05, 3.63) is 41.9 Å². The highest BCUT2D eigenvalue weighted by Crippen LogP contribution is 2.35. The Bertz CT molecular complexity index is 904. The zero-order valence-electron chi connectivity index (χ0n) is 14.9. The first kappa shape index (κ1) is 16.8. The molecule has 1 fully saturated rings. The van der Waals surface area contributed by atoms with Crippen LogP contribution >= 0.6 is 11.3 Å². The van der Waals surface area contributed by atoms with E-state index in [4.69, 9.17) is 14.5 Å². The summed E-state index contributed by atoms with van der Waals surface area (Å²) in [6.07, 6.45) is 4.36. The van der Waals surface area contributed by atoms with E-state index in [0.717, 1.165) is 46.5 Å². The molecule has 134 valence electrons. The zero-order chi connectivity index (χ0) is 17.9. The molecule has 0 atom stereocenters. The van der Waals surface area contributed by atoms with E-state index in [9.17, 15) is 0 Å². The van der Waals surface area contributed by atoms with Gasteiger partial charge in [-0.25, -0.2) is 9.97 Å². The van der Waals surface area contributed by atoms with Crippen LogP contribution in [0.2, 0.25) is 0 Å². The normalized spacial score (nSPS) is 13.8. The van der Waals surface area contributed by atoms with E-state index in [1.165, 1.54) is 12.8 Å². The Morgan fingerprint density at radius 3 is 2.54 bits per heavy atom. The van der Waals surface area contributed by atoms with E-state index in [-0.39, 0.29) is 0 Å². The van der Waals surface area contributed by atoms with Gasteiger partial charge in [0.05, 0.1) is 19.9 Å². The molecule has 0 unspecified atom stereocenters. The predicted octanol–water partition coefficient (Wildman–Crippen LogP) is 4.49. The van der Waals surface area contributed by atoms with Crippen molar-refractivity contribution in [2.24, 2.45) is 0 Å². The third kappa shape index (κ3) is 3.24. The van der Waals surface area contributed by atoms with Gasteiger partial charge in [-0.15, -0.1) is 11.3 Å². The molecular weight excluding hydrogens is 346 g/mol. The van der Waals surface area contributed by atoms with Gasteiger partial charge in [0.1, 0.15) is 10.8 Å². The minimum Gasteiger partial charge on any atom is -0.493 e. The van der Waals surface area contributed by atoms with Crippen molar-refractivity contribution in [2.75, 3.05) is 32.2 Å². The van der Waals surface area contributed by atoms with Gasteiger partial charge in [0.25, 0.3) is 0 Å². The van der Waals surface area contributed by atoms with E-state index in [0.29, 0.717) is 5.75 Å². The molecule has 1 saturated heterocycles. The smallest absolute Gasteiger partial charge is 0.161 e. The molecule has 0 spiro atoms. The fourth-order valence-electron chi connectivity index (χ4n) is 3.21. The van der Waals surface area contributed by atoms with Gasteiger partial charge >= 0.3 is 0 Å². The summed E-state index contributed by atoms with van der Waals surface area (Å²) < 4.78 is 10.7. The van der Waals surface area contributed by atoms with Crippen LogP contribution in [0.15, 0.2) is 41.9 Å². The number of methoxy groups -OCH3 is 2. The molecule has 0 N–H and O–H groups in total. The summed E-state index contributed by atoms with van der Waals surface area (Å²) in [6.45, 7) is 2.18. The average molecular weight is 367 g/mol. The molecule has 1 aromatic carbocycles. The van der Waals surface area contributed by atoms with Crippen molar-refractivity contribution < 1.29 is 9.47 Å². The minimum atomic E-state index is 0.708. The highest BCUT2D eigenvalue weighted by molar-refractivity contribution is 7.13. The van der Waals surface area contributed by atoms with Crippen LogP contribution in [0, 0.1) is 0 Å². The quantitative estimate of drug-likeness (QED) is 0.665. The number of benzene rings is 1. The molecule has 0 radical (unpaired) electrons. The number of thiazole rings is 1. The Kier molecular flexibility index (Phi) is 4.75. The molecule has 5 nitrogen and oxygen atoms in total. The second-order valence-corrected chi connectivity index (χ2v) is 7.06. The SMILES string of the molecule is COc1ccc(-c2csc(-c3ccnc(N4CCCC4)c3)n2)cc1OC. The number of anilines is 1. The summed E-state index contributed by atoms with van der Waals surface area (Å²) in [5, 5.41) is 3.07. The molecule has 0 saturated carbocycles. The lowest BCUT2D eigenvalue weighted by Crippen LogP contribution is -2.18. The van der Waals surface area contributed by atoms with Crippen LogP contribution in [-0.2, 0) is 0 Å². The Morgan fingerprint density at radius 2 is 1.77 bits per heavy atom. The van der Waals surface area contributed by atoms with E-state index < -0.39 is 0 Å². The molecule has 1 aliphatic rings. The molecule has 2 aromatic heterocycles. The van der Waals surface area contributed by atoms with E-state index in [1.807, 2.05) is 30.5 Å². The van der Waals surface area contributed by atoms with Crippen LogP contribution in [0.5, 0.6) is 11.5 Å². The highest BCUT2D eigenvalue weighted by Gasteiger charge is 2.15. The standard InChI is InChI=1S/C20H21N3O2S/c1-24-17-6-5-14(11-18(17)25-2)16-13-26-20(22-16)15-7-8-21-19(12-15)23-9-3-4-10-23/h5-8,11-13H,3-4,9-10H2,1-2H3. The van der Waals surface area contributed by atoms with Gasteiger partial charge in [0, 0.05) is 35.8 Å². The molecule has 0 bridgehead atoms. The zero-order valence-corrected chi connectivity index (χ0v) is 15.8. The summed E-state index contributed by atoms with van der Waals surface area (Å²) in [7, 11) is 3.28. The highest BCUT2D eigenvalue weighted by atomic mass is 32.1. The van der Waals surface area contributed by atoms with E-state index in [1.54, 1.807) is 25.6 Å². The monoisotopic (exact) mass is 367 g/mol. The van der Waals surface area contributed by atoms with Crippen molar-refractivity contribution in [3.63, 3.8) is 0 Å². The molecule has 4 rings (SSSR count). The van der Waals surface area contributed by atoms with Gasteiger partial charge in [0.15, 0.2) is 11.5 Å². The fraction of sp³-hybridized carbons (Fsp3) is 0.300. The predicted molar refractivity (Wildman–Crippen MR) is 105 cm³/mol. The summed E-state index contributed by atoms with van der Waals surface area (Å²) in [4.78, 5) is 11.7. The molecule has 3 heterocycles. The van der Waals surface area contributed by atoms with Crippen molar-refractivity contribution in [2.45, 2.75) is 12.8 Å². The number of hydrogen-bond acceptors (Lipinski definition) is 6. The van der Waals surface area contributed by atoms with Crippen molar-refractivity contribution in [1.29, 1.82) is 0 Å². The van der Waals surface area contributed by atoms with Gasteiger partial charge in [-0.1, -0.05) is 0 Å². The summed E-state index contributed by atoms with van der Waals surface area (Å²) in [5.41, 5.74) is 3.06. The molecule has 0 aliphatic carbocycles. The maximum Gasteiger partial charge on any atom is 0.161 e. The van der Waals surface area contributed by atoms with Crippen LogP contribution in [0.3, 0.4) is 0 Å². The van der Waals surface area contributed by atoms with Crippen molar-refractivity contribution >= 4 is 17.2 Å². The molecule has 3 aromatic rings. The average Bonchev–Trinajstić information content (AvgIpc) is 3.39. The molecule has 26 heavy (non-hydrogen) atoms. The molecule has 0 amide bonds. The second-order valence-electron chi connectivity index (χ2n) is 6.20. The number of aromatic nitrogens is 2. The van der Waals surface area contributed by atoms with Gasteiger partial charge in [-0.05, 0) is 43.2 Å². The van der Waals surface area contributed by atoms with Crippen LogP contribution in [0.25, 0.3) is 21.8 Å². The number of pyridine rings is 1. The Labute approximate surface area is 157 Å². The topological polar surface area (TPSA) is 47.5 Å². The molecule has 6 heteroatoms. The maximum absolute atomic E-state index is 5.40.